The number of benzene rings is 1. The normalized spacial score (nSPS) is 10.9. The summed E-state index contributed by atoms with van der Waals surface area (Å²) in [5.74, 6) is 0.765. The van der Waals surface area contributed by atoms with Gasteiger partial charge in [-0.15, -0.1) is 0 Å². The van der Waals surface area contributed by atoms with Crippen LogP contribution < -0.4 is 0 Å². The molecule has 0 unspecified atom stereocenters. The molecule has 3 aromatic rings. The molecule has 0 fully saturated rings. The van der Waals surface area contributed by atoms with Crippen LogP contribution in [0.3, 0.4) is 0 Å². The minimum atomic E-state index is 0.765. The minimum absolute atomic E-state index is 0.765. The molecule has 1 aromatic carbocycles. The summed E-state index contributed by atoms with van der Waals surface area (Å²) in [7, 11) is 0. The van der Waals surface area contributed by atoms with Crippen molar-refractivity contribution >= 4 is 10.9 Å². The van der Waals surface area contributed by atoms with Crippen LogP contribution >= 0.6 is 0 Å². The molecule has 0 spiro atoms. The number of hydrogen-bond acceptors (Lipinski definition) is 3. The molecule has 5 nitrogen and oxygen atoms in total. The van der Waals surface area contributed by atoms with Gasteiger partial charge >= 0.3 is 0 Å². The molecule has 2 N–H and O–H groups in total. The van der Waals surface area contributed by atoms with Gasteiger partial charge in [-0.2, -0.15) is 10.2 Å². The van der Waals surface area contributed by atoms with Crippen LogP contribution in [0.15, 0.2) is 30.7 Å². The number of aromatic nitrogens is 5. The SMILES string of the molecule is c1n[nH]c(-c2ccc3cn[nH]c3c2)n1. The highest BCUT2D eigenvalue weighted by Gasteiger charge is 2.02. The molecular formula is C9H7N5. The second-order valence-electron chi connectivity index (χ2n) is 3.01. The Balaban J connectivity index is 2.23. The first-order valence-electron chi connectivity index (χ1n) is 4.22. The van der Waals surface area contributed by atoms with E-state index < -0.39 is 0 Å². The summed E-state index contributed by atoms with van der Waals surface area (Å²) < 4.78 is 0. The highest BCUT2D eigenvalue weighted by atomic mass is 15.2. The Labute approximate surface area is 79.2 Å². The molecule has 0 aliphatic rings. The third kappa shape index (κ3) is 0.990. The molecule has 0 aliphatic carbocycles. The van der Waals surface area contributed by atoms with Gasteiger partial charge in [-0.05, 0) is 6.07 Å². The smallest absolute Gasteiger partial charge is 0.155 e. The van der Waals surface area contributed by atoms with Crippen LogP contribution in [0.1, 0.15) is 0 Å². The summed E-state index contributed by atoms with van der Waals surface area (Å²) in [6.07, 6.45) is 3.28. The van der Waals surface area contributed by atoms with Gasteiger partial charge in [-0.1, -0.05) is 12.1 Å². The number of H-pyrrole nitrogens is 2. The Kier molecular flexibility index (Phi) is 1.38. The lowest BCUT2D eigenvalue weighted by Gasteiger charge is -1.95. The molecule has 68 valence electrons. The third-order valence-electron chi connectivity index (χ3n) is 2.13. The molecule has 0 aliphatic heterocycles. The third-order valence-corrected chi connectivity index (χ3v) is 2.13. The second kappa shape index (κ2) is 2.66. The van der Waals surface area contributed by atoms with E-state index in [1.165, 1.54) is 6.33 Å². The molecule has 14 heavy (non-hydrogen) atoms. The highest BCUT2D eigenvalue weighted by molar-refractivity contribution is 5.82. The van der Waals surface area contributed by atoms with Gasteiger partial charge in [0.05, 0.1) is 11.7 Å². The Morgan fingerprint density at radius 3 is 2.93 bits per heavy atom. The average molecular weight is 185 g/mol. The van der Waals surface area contributed by atoms with Crippen LogP contribution in [0, 0.1) is 0 Å². The Morgan fingerprint density at radius 2 is 2.07 bits per heavy atom. The highest BCUT2D eigenvalue weighted by Crippen LogP contribution is 2.19. The van der Waals surface area contributed by atoms with Crippen molar-refractivity contribution in [2.24, 2.45) is 0 Å². The fraction of sp³-hybridized carbons (Fsp3) is 0. The summed E-state index contributed by atoms with van der Waals surface area (Å²) in [5, 5.41) is 14.6. The zero-order valence-electron chi connectivity index (χ0n) is 7.23. The van der Waals surface area contributed by atoms with Crippen molar-refractivity contribution < 1.29 is 0 Å². The maximum atomic E-state index is 4.08. The summed E-state index contributed by atoms with van der Waals surface area (Å²) in [6, 6.07) is 5.97. The number of aromatic amines is 2. The van der Waals surface area contributed by atoms with E-state index in [1.54, 1.807) is 6.20 Å². The summed E-state index contributed by atoms with van der Waals surface area (Å²) in [6.45, 7) is 0. The lowest BCUT2D eigenvalue weighted by Crippen LogP contribution is -1.80. The standard InChI is InChI=1S/C9H7N5/c1-2-7-4-11-13-8(7)3-6(1)9-10-5-12-14-9/h1-5H,(H,11,13)(H,10,12,14). The molecular weight excluding hydrogens is 178 g/mol. The Bertz CT molecular complexity index is 551. The fourth-order valence-corrected chi connectivity index (χ4v) is 1.43. The average Bonchev–Trinajstić information content (AvgIpc) is 2.88. The Hall–Kier alpha value is -2.17. The van der Waals surface area contributed by atoms with Crippen LogP contribution in [0.2, 0.25) is 0 Å². The largest absolute Gasteiger partial charge is 0.278 e. The number of rotatable bonds is 1. The van der Waals surface area contributed by atoms with Crippen molar-refractivity contribution in [2.45, 2.75) is 0 Å². The maximum absolute atomic E-state index is 4.08. The fourth-order valence-electron chi connectivity index (χ4n) is 1.43. The van der Waals surface area contributed by atoms with Gasteiger partial charge in [0, 0.05) is 10.9 Å². The van der Waals surface area contributed by atoms with Crippen LogP contribution in [-0.2, 0) is 0 Å². The number of nitrogens with zero attached hydrogens (tertiary/aromatic N) is 3. The molecule has 0 atom stereocenters. The predicted octanol–water partition coefficient (Wildman–Crippen LogP) is 1.35. The van der Waals surface area contributed by atoms with E-state index in [9.17, 15) is 0 Å². The molecule has 0 amide bonds. The molecule has 5 heteroatoms. The van der Waals surface area contributed by atoms with Gasteiger partial charge in [-0.3, -0.25) is 10.2 Å². The summed E-state index contributed by atoms with van der Waals surface area (Å²) in [5.41, 5.74) is 2.00. The van der Waals surface area contributed by atoms with E-state index >= 15 is 0 Å². The molecule has 0 bridgehead atoms. The van der Waals surface area contributed by atoms with Crippen molar-refractivity contribution in [3.05, 3.63) is 30.7 Å². The van der Waals surface area contributed by atoms with E-state index in [-0.39, 0.29) is 0 Å². The van der Waals surface area contributed by atoms with Gasteiger partial charge in [0.2, 0.25) is 0 Å². The van der Waals surface area contributed by atoms with Gasteiger partial charge < -0.3 is 0 Å². The van der Waals surface area contributed by atoms with Gasteiger partial charge in [-0.25, -0.2) is 4.98 Å². The topological polar surface area (TPSA) is 70.2 Å². The van der Waals surface area contributed by atoms with Crippen LogP contribution in [0.25, 0.3) is 22.3 Å². The van der Waals surface area contributed by atoms with Crippen molar-refractivity contribution in [3.8, 4) is 11.4 Å². The van der Waals surface area contributed by atoms with Gasteiger partial charge in [0.25, 0.3) is 0 Å². The molecule has 0 saturated heterocycles. The first-order valence-corrected chi connectivity index (χ1v) is 4.22. The molecule has 0 radical (unpaired) electrons. The quantitative estimate of drug-likeness (QED) is 0.601. The van der Waals surface area contributed by atoms with E-state index in [0.717, 1.165) is 22.3 Å². The molecule has 2 heterocycles. The van der Waals surface area contributed by atoms with Gasteiger partial charge in [0.15, 0.2) is 5.82 Å². The Morgan fingerprint density at radius 1 is 1.07 bits per heavy atom. The van der Waals surface area contributed by atoms with E-state index in [2.05, 4.69) is 25.4 Å². The minimum Gasteiger partial charge on any atom is -0.278 e. The van der Waals surface area contributed by atoms with Crippen molar-refractivity contribution in [1.82, 2.24) is 25.4 Å². The van der Waals surface area contributed by atoms with E-state index in [4.69, 9.17) is 0 Å². The zero-order valence-corrected chi connectivity index (χ0v) is 7.23. The monoisotopic (exact) mass is 185 g/mol. The first-order chi connectivity index (χ1) is 6.93. The van der Waals surface area contributed by atoms with Crippen molar-refractivity contribution in [1.29, 1.82) is 0 Å². The van der Waals surface area contributed by atoms with Crippen LogP contribution in [0.5, 0.6) is 0 Å². The molecule has 3 rings (SSSR count). The predicted molar refractivity (Wildman–Crippen MR) is 51.5 cm³/mol. The summed E-state index contributed by atoms with van der Waals surface area (Å²) >= 11 is 0. The molecule has 2 aromatic heterocycles. The van der Waals surface area contributed by atoms with Crippen molar-refractivity contribution in [2.75, 3.05) is 0 Å². The van der Waals surface area contributed by atoms with Crippen molar-refractivity contribution in [3.63, 3.8) is 0 Å². The van der Waals surface area contributed by atoms with Gasteiger partial charge in [0.1, 0.15) is 6.33 Å². The second-order valence-corrected chi connectivity index (χ2v) is 3.01. The number of nitrogens with one attached hydrogen (secondary N) is 2. The zero-order chi connectivity index (χ0) is 9.38. The summed E-state index contributed by atoms with van der Waals surface area (Å²) in [4.78, 5) is 4.08. The van der Waals surface area contributed by atoms with E-state index in [1.807, 2.05) is 18.2 Å². The maximum Gasteiger partial charge on any atom is 0.155 e. The first kappa shape index (κ1) is 7.25. The lowest BCUT2D eigenvalue weighted by molar-refractivity contribution is 1.09. The number of hydrogen-bond donors (Lipinski definition) is 2. The van der Waals surface area contributed by atoms with Crippen LogP contribution in [0.4, 0.5) is 0 Å². The number of fused-ring (bicyclic) bond motifs is 1. The lowest BCUT2D eigenvalue weighted by atomic mass is 10.1. The van der Waals surface area contributed by atoms with Crippen LogP contribution in [-0.4, -0.2) is 25.4 Å². The van der Waals surface area contributed by atoms with E-state index in [0.29, 0.717) is 0 Å². The molecule has 0 saturated carbocycles.